The molecule has 2 aromatic heterocycles. The van der Waals surface area contributed by atoms with E-state index in [4.69, 9.17) is 4.42 Å². The maximum Gasteiger partial charge on any atom is 0.351 e. The minimum atomic E-state index is -0.228. The SMILES string of the molecule is CCCCc1cc2cn(C(C)CC)c(=O)nc2o1. The maximum absolute atomic E-state index is 11.8. The van der Waals surface area contributed by atoms with E-state index in [1.165, 1.54) is 0 Å². The first-order valence-electron chi connectivity index (χ1n) is 6.67. The third kappa shape index (κ3) is 2.47. The van der Waals surface area contributed by atoms with Crippen LogP contribution in [-0.2, 0) is 6.42 Å². The summed E-state index contributed by atoms with van der Waals surface area (Å²) in [6, 6.07) is 2.17. The fraction of sp³-hybridized carbons (Fsp3) is 0.571. The lowest BCUT2D eigenvalue weighted by Gasteiger charge is -2.10. The van der Waals surface area contributed by atoms with Crippen molar-refractivity contribution in [1.29, 1.82) is 0 Å². The molecule has 1 unspecified atom stereocenters. The molecule has 0 aromatic carbocycles. The van der Waals surface area contributed by atoms with Crippen LogP contribution in [-0.4, -0.2) is 9.55 Å². The molecule has 0 aliphatic carbocycles. The van der Waals surface area contributed by atoms with Gasteiger partial charge in [0.25, 0.3) is 0 Å². The Labute approximate surface area is 107 Å². The van der Waals surface area contributed by atoms with Crippen LogP contribution in [0.3, 0.4) is 0 Å². The van der Waals surface area contributed by atoms with Crippen molar-refractivity contribution in [3.63, 3.8) is 0 Å². The summed E-state index contributed by atoms with van der Waals surface area (Å²) in [6.45, 7) is 6.23. The van der Waals surface area contributed by atoms with Gasteiger partial charge in [0.1, 0.15) is 5.76 Å². The lowest BCUT2D eigenvalue weighted by molar-refractivity contribution is 0.496. The van der Waals surface area contributed by atoms with Gasteiger partial charge < -0.3 is 4.42 Å². The molecule has 4 nitrogen and oxygen atoms in total. The number of aromatic nitrogens is 2. The molecule has 0 aliphatic heterocycles. The summed E-state index contributed by atoms with van der Waals surface area (Å²) in [5.74, 6) is 0.917. The fourth-order valence-electron chi connectivity index (χ4n) is 1.96. The number of fused-ring (bicyclic) bond motifs is 1. The minimum absolute atomic E-state index is 0.170. The van der Waals surface area contributed by atoms with E-state index in [0.717, 1.165) is 36.8 Å². The van der Waals surface area contributed by atoms with Crippen LogP contribution in [0.15, 0.2) is 21.5 Å². The molecule has 0 amide bonds. The first kappa shape index (κ1) is 12.9. The Morgan fingerprint density at radius 1 is 1.44 bits per heavy atom. The molecule has 1 atom stereocenters. The van der Waals surface area contributed by atoms with Crippen LogP contribution in [0.5, 0.6) is 0 Å². The van der Waals surface area contributed by atoms with E-state index in [-0.39, 0.29) is 11.7 Å². The molecule has 0 saturated heterocycles. The van der Waals surface area contributed by atoms with Gasteiger partial charge in [-0.05, 0) is 25.8 Å². The Balaban J connectivity index is 2.41. The molecular weight excluding hydrogens is 228 g/mol. The summed E-state index contributed by atoms with van der Waals surface area (Å²) < 4.78 is 7.28. The van der Waals surface area contributed by atoms with Crippen molar-refractivity contribution >= 4 is 11.1 Å². The molecule has 4 heteroatoms. The zero-order chi connectivity index (χ0) is 13.1. The first-order valence-corrected chi connectivity index (χ1v) is 6.67. The molecule has 0 spiro atoms. The van der Waals surface area contributed by atoms with Gasteiger partial charge in [0.15, 0.2) is 0 Å². The van der Waals surface area contributed by atoms with Gasteiger partial charge in [0.2, 0.25) is 5.71 Å². The van der Waals surface area contributed by atoms with Crippen molar-refractivity contribution in [2.45, 2.75) is 52.5 Å². The van der Waals surface area contributed by atoms with Crippen molar-refractivity contribution in [3.05, 3.63) is 28.5 Å². The molecule has 2 heterocycles. The normalized spacial score (nSPS) is 13.1. The second kappa shape index (κ2) is 5.38. The summed E-state index contributed by atoms with van der Waals surface area (Å²) in [5, 5.41) is 0.918. The zero-order valence-corrected chi connectivity index (χ0v) is 11.3. The molecule has 0 saturated carbocycles. The third-order valence-corrected chi connectivity index (χ3v) is 3.33. The van der Waals surface area contributed by atoms with E-state index in [1.807, 2.05) is 19.2 Å². The Hall–Kier alpha value is -1.58. The van der Waals surface area contributed by atoms with Crippen LogP contribution >= 0.6 is 0 Å². The summed E-state index contributed by atoms with van der Waals surface area (Å²) in [6.07, 6.45) is 5.90. The lowest BCUT2D eigenvalue weighted by atomic mass is 10.2. The minimum Gasteiger partial charge on any atom is -0.443 e. The van der Waals surface area contributed by atoms with Gasteiger partial charge in [-0.1, -0.05) is 20.3 Å². The lowest BCUT2D eigenvalue weighted by Crippen LogP contribution is -2.24. The average Bonchev–Trinajstić information content (AvgIpc) is 2.76. The van der Waals surface area contributed by atoms with Crippen LogP contribution in [0, 0.1) is 0 Å². The molecular formula is C14H20N2O2. The molecule has 2 aromatic rings. The average molecular weight is 248 g/mol. The number of rotatable bonds is 5. The topological polar surface area (TPSA) is 48.0 Å². The molecule has 0 radical (unpaired) electrons. The smallest absolute Gasteiger partial charge is 0.351 e. The van der Waals surface area contributed by atoms with Crippen molar-refractivity contribution in [2.24, 2.45) is 0 Å². The van der Waals surface area contributed by atoms with Crippen LogP contribution in [0.25, 0.3) is 11.1 Å². The number of unbranched alkanes of at least 4 members (excludes halogenated alkanes) is 1. The van der Waals surface area contributed by atoms with E-state index in [1.54, 1.807) is 4.57 Å². The number of hydrogen-bond donors (Lipinski definition) is 0. The van der Waals surface area contributed by atoms with Crippen molar-refractivity contribution < 1.29 is 4.42 Å². The largest absolute Gasteiger partial charge is 0.443 e. The summed E-state index contributed by atoms with van der Waals surface area (Å²) in [5.41, 5.74) is 0.235. The van der Waals surface area contributed by atoms with Crippen molar-refractivity contribution in [2.75, 3.05) is 0 Å². The van der Waals surface area contributed by atoms with Crippen LogP contribution in [0.2, 0.25) is 0 Å². The highest BCUT2D eigenvalue weighted by atomic mass is 16.3. The summed E-state index contributed by atoms with van der Waals surface area (Å²) in [7, 11) is 0. The predicted octanol–water partition coefficient (Wildman–Crippen LogP) is 3.30. The second-order valence-electron chi connectivity index (χ2n) is 4.76. The number of furan rings is 1. The number of aryl methyl sites for hydroxylation is 1. The summed E-state index contributed by atoms with van der Waals surface area (Å²) >= 11 is 0. The highest BCUT2D eigenvalue weighted by molar-refractivity contribution is 5.72. The van der Waals surface area contributed by atoms with Crippen molar-refractivity contribution in [3.8, 4) is 0 Å². The molecule has 98 valence electrons. The van der Waals surface area contributed by atoms with Gasteiger partial charge in [0.05, 0.1) is 5.39 Å². The van der Waals surface area contributed by atoms with Crippen LogP contribution < -0.4 is 5.69 Å². The number of hydrogen-bond acceptors (Lipinski definition) is 3. The van der Waals surface area contributed by atoms with Gasteiger partial charge in [-0.3, -0.25) is 4.57 Å². The molecule has 2 rings (SSSR count). The summed E-state index contributed by atoms with van der Waals surface area (Å²) in [4.78, 5) is 15.9. The monoisotopic (exact) mass is 248 g/mol. The fourth-order valence-corrected chi connectivity index (χ4v) is 1.96. The van der Waals surface area contributed by atoms with E-state index in [9.17, 15) is 4.79 Å². The number of nitrogens with zero attached hydrogens (tertiary/aromatic N) is 2. The highest BCUT2D eigenvalue weighted by Crippen LogP contribution is 2.19. The highest BCUT2D eigenvalue weighted by Gasteiger charge is 2.10. The van der Waals surface area contributed by atoms with Gasteiger partial charge in [-0.15, -0.1) is 0 Å². The van der Waals surface area contributed by atoms with E-state index >= 15 is 0 Å². The van der Waals surface area contributed by atoms with Gasteiger partial charge in [0, 0.05) is 18.7 Å². The predicted molar refractivity (Wildman–Crippen MR) is 71.9 cm³/mol. The molecule has 0 bridgehead atoms. The van der Waals surface area contributed by atoms with E-state index in [0.29, 0.717) is 5.71 Å². The Kier molecular flexibility index (Phi) is 3.84. The second-order valence-corrected chi connectivity index (χ2v) is 4.76. The van der Waals surface area contributed by atoms with Crippen LogP contribution in [0.1, 0.15) is 51.8 Å². The quantitative estimate of drug-likeness (QED) is 0.815. The van der Waals surface area contributed by atoms with Crippen molar-refractivity contribution in [1.82, 2.24) is 9.55 Å². The van der Waals surface area contributed by atoms with E-state index in [2.05, 4.69) is 18.8 Å². The van der Waals surface area contributed by atoms with Crippen LogP contribution in [0.4, 0.5) is 0 Å². The standard InChI is InChI=1S/C14H20N2O2/c1-4-6-7-12-8-11-9-16(10(3)5-2)14(17)15-13(11)18-12/h8-10H,4-7H2,1-3H3. The Morgan fingerprint density at radius 2 is 2.22 bits per heavy atom. The Morgan fingerprint density at radius 3 is 2.89 bits per heavy atom. The first-order chi connectivity index (χ1) is 8.65. The van der Waals surface area contributed by atoms with E-state index < -0.39 is 0 Å². The van der Waals surface area contributed by atoms with Gasteiger partial charge in [-0.2, -0.15) is 4.98 Å². The zero-order valence-electron chi connectivity index (χ0n) is 11.3. The molecule has 18 heavy (non-hydrogen) atoms. The molecule has 0 fully saturated rings. The molecule has 0 N–H and O–H groups in total. The Bertz CT molecular complexity index is 583. The third-order valence-electron chi connectivity index (χ3n) is 3.33. The maximum atomic E-state index is 11.8. The van der Waals surface area contributed by atoms with Gasteiger partial charge >= 0.3 is 5.69 Å². The molecule has 0 aliphatic rings. The van der Waals surface area contributed by atoms with Gasteiger partial charge in [-0.25, -0.2) is 4.79 Å².